The quantitative estimate of drug-likeness (QED) is 0.639. The Bertz CT molecular complexity index is 373. The number of nitrogens with one attached hydrogen (secondary N) is 1. The van der Waals surface area contributed by atoms with Crippen molar-refractivity contribution in [3.05, 3.63) is 26.8 Å². The molecule has 0 saturated carbocycles. The highest BCUT2D eigenvalue weighted by Gasteiger charge is 2.12. The van der Waals surface area contributed by atoms with Crippen LogP contribution in [-0.2, 0) is 6.54 Å². The van der Waals surface area contributed by atoms with E-state index in [2.05, 4.69) is 45.8 Å². The lowest BCUT2D eigenvalue weighted by Crippen LogP contribution is -2.43. The highest BCUT2D eigenvalue weighted by molar-refractivity contribution is 14.1. The van der Waals surface area contributed by atoms with Crippen molar-refractivity contribution >= 4 is 28.3 Å². The summed E-state index contributed by atoms with van der Waals surface area (Å²) in [6, 6.07) is 4.28. The van der Waals surface area contributed by atoms with Crippen LogP contribution in [0.4, 0.5) is 5.69 Å². The molecule has 0 aromatic heterocycles. The van der Waals surface area contributed by atoms with Crippen LogP contribution in [0.1, 0.15) is 11.1 Å². The lowest BCUT2D eigenvalue weighted by Gasteiger charge is -2.28. The van der Waals surface area contributed by atoms with E-state index in [-0.39, 0.29) is 0 Å². The molecule has 0 amide bonds. The predicted octanol–water partition coefficient (Wildman–Crippen LogP) is 1.59. The molecule has 0 unspecified atom stereocenters. The number of benzene rings is 1. The third-order valence-electron chi connectivity index (χ3n) is 3.12. The third-order valence-corrected chi connectivity index (χ3v) is 3.75. The van der Waals surface area contributed by atoms with Crippen molar-refractivity contribution < 1.29 is 0 Å². The molecule has 0 aliphatic carbocycles. The number of piperazine rings is 1. The molecule has 1 fully saturated rings. The number of anilines is 1. The second-order valence-corrected chi connectivity index (χ2v) is 5.55. The summed E-state index contributed by atoms with van der Waals surface area (Å²) in [6.45, 7) is 7.59. The van der Waals surface area contributed by atoms with Gasteiger partial charge in [-0.05, 0) is 52.8 Å². The zero-order chi connectivity index (χ0) is 11.5. The van der Waals surface area contributed by atoms with Crippen molar-refractivity contribution in [3.8, 4) is 0 Å². The minimum Gasteiger partial charge on any atom is -0.398 e. The van der Waals surface area contributed by atoms with Gasteiger partial charge in [-0.15, -0.1) is 0 Å². The number of rotatable bonds is 2. The molecule has 88 valence electrons. The standard InChI is InChI=1S/C12H18IN3/c1-9-10(6-11(13)7-12(9)14)8-16-4-2-15-3-5-16/h6-7,15H,2-5,8,14H2,1H3. The average Bonchev–Trinajstić information content (AvgIpc) is 2.27. The number of nitrogens with zero attached hydrogens (tertiary/aromatic N) is 1. The van der Waals surface area contributed by atoms with Gasteiger partial charge in [-0.1, -0.05) is 0 Å². The fourth-order valence-electron chi connectivity index (χ4n) is 2.03. The summed E-state index contributed by atoms with van der Waals surface area (Å²) < 4.78 is 1.23. The van der Waals surface area contributed by atoms with Gasteiger partial charge in [0.05, 0.1) is 0 Å². The molecule has 4 heteroatoms. The minimum absolute atomic E-state index is 0.914. The summed E-state index contributed by atoms with van der Waals surface area (Å²) in [5.74, 6) is 0. The fourth-order valence-corrected chi connectivity index (χ4v) is 2.74. The predicted molar refractivity (Wildman–Crippen MR) is 76.5 cm³/mol. The van der Waals surface area contributed by atoms with Crippen LogP contribution < -0.4 is 11.1 Å². The number of halogens is 1. The SMILES string of the molecule is Cc1c(N)cc(I)cc1CN1CCNCC1. The Morgan fingerprint density at radius 2 is 2.06 bits per heavy atom. The van der Waals surface area contributed by atoms with Gasteiger partial charge in [0, 0.05) is 42.0 Å². The van der Waals surface area contributed by atoms with Crippen LogP contribution in [0.5, 0.6) is 0 Å². The first kappa shape index (κ1) is 12.1. The summed E-state index contributed by atoms with van der Waals surface area (Å²) in [5, 5.41) is 3.37. The molecule has 1 aromatic carbocycles. The molecule has 0 spiro atoms. The maximum Gasteiger partial charge on any atom is 0.0357 e. The molecule has 3 nitrogen and oxygen atoms in total. The van der Waals surface area contributed by atoms with Gasteiger partial charge in [-0.3, -0.25) is 4.90 Å². The lowest BCUT2D eigenvalue weighted by atomic mass is 10.1. The zero-order valence-corrected chi connectivity index (χ0v) is 11.8. The van der Waals surface area contributed by atoms with Crippen molar-refractivity contribution in [1.82, 2.24) is 10.2 Å². The summed E-state index contributed by atoms with van der Waals surface area (Å²) in [4.78, 5) is 2.48. The van der Waals surface area contributed by atoms with E-state index in [0.717, 1.165) is 38.4 Å². The van der Waals surface area contributed by atoms with Crippen molar-refractivity contribution in [1.29, 1.82) is 0 Å². The molecule has 3 N–H and O–H groups in total. The highest BCUT2D eigenvalue weighted by Crippen LogP contribution is 2.21. The van der Waals surface area contributed by atoms with Gasteiger partial charge < -0.3 is 11.1 Å². The molecule has 1 heterocycles. The number of nitrogen functional groups attached to an aromatic ring is 1. The van der Waals surface area contributed by atoms with Crippen LogP contribution in [0.15, 0.2) is 12.1 Å². The Kier molecular flexibility index (Phi) is 4.05. The summed E-state index contributed by atoms with van der Waals surface area (Å²) >= 11 is 2.33. The van der Waals surface area contributed by atoms with Crippen molar-refractivity contribution in [2.75, 3.05) is 31.9 Å². The van der Waals surface area contributed by atoms with E-state index in [1.165, 1.54) is 14.7 Å². The van der Waals surface area contributed by atoms with Crippen LogP contribution in [0.2, 0.25) is 0 Å². The van der Waals surface area contributed by atoms with Gasteiger partial charge in [0.2, 0.25) is 0 Å². The van der Waals surface area contributed by atoms with Gasteiger partial charge in [0.15, 0.2) is 0 Å². The number of hydrogen-bond donors (Lipinski definition) is 2. The van der Waals surface area contributed by atoms with E-state index in [1.807, 2.05) is 6.07 Å². The molecule has 0 atom stereocenters. The Labute approximate surface area is 111 Å². The van der Waals surface area contributed by atoms with E-state index in [1.54, 1.807) is 0 Å². The van der Waals surface area contributed by atoms with Crippen LogP contribution in [0.3, 0.4) is 0 Å². The monoisotopic (exact) mass is 331 g/mol. The number of hydrogen-bond acceptors (Lipinski definition) is 3. The average molecular weight is 331 g/mol. The smallest absolute Gasteiger partial charge is 0.0357 e. The normalized spacial score (nSPS) is 17.6. The highest BCUT2D eigenvalue weighted by atomic mass is 127. The molecule has 1 aliphatic heterocycles. The topological polar surface area (TPSA) is 41.3 Å². The second-order valence-electron chi connectivity index (χ2n) is 4.31. The van der Waals surface area contributed by atoms with Crippen LogP contribution in [0.25, 0.3) is 0 Å². The van der Waals surface area contributed by atoms with Crippen molar-refractivity contribution in [2.45, 2.75) is 13.5 Å². The van der Waals surface area contributed by atoms with E-state index in [9.17, 15) is 0 Å². The van der Waals surface area contributed by atoms with Gasteiger partial charge in [-0.25, -0.2) is 0 Å². The van der Waals surface area contributed by atoms with E-state index < -0.39 is 0 Å². The minimum atomic E-state index is 0.914. The van der Waals surface area contributed by atoms with Gasteiger partial charge in [0.1, 0.15) is 0 Å². The Morgan fingerprint density at radius 1 is 1.38 bits per heavy atom. The van der Waals surface area contributed by atoms with Gasteiger partial charge in [0.25, 0.3) is 0 Å². The van der Waals surface area contributed by atoms with Crippen LogP contribution >= 0.6 is 22.6 Å². The molecule has 1 aliphatic rings. The van der Waals surface area contributed by atoms with Crippen LogP contribution in [-0.4, -0.2) is 31.1 Å². The fraction of sp³-hybridized carbons (Fsp3) is 0.500. The molecule has 2 rings (SSSR count). The molecular weight excluding hydrogens is 313 g/mol. The molecule has 16 heavy (non-hydrogen) atoms. The molecule has 0 radical (unpaired) electrons. The summed E-state index contributed by atoms with van der Waals surface area (Å²) in [7, 11) is 0. The maximum atomic E-state index is 5.99. The molecule has 1 saturated heterocycles. The molecular formula is C12H18IN3. The lowest BCUT2D eigenvalue weighted by molar-refractivity contribution is 0.233. The Hall–Kier alpha value is -0.330. The van der Waals surface area contributed by atoms with Crippen LogP contribution in [0, 0.1) is 10.5 Å². The molecule has 0 bridgehead atoms. The van der Waals surface area contributed by atoms with Crippen molar-refractivity contribution in [3.63, 3.8) is 0 Å². The third kappa shape index (κ3) is 2.87. The summed E-state index contributed by atoms with van der Waals surface area (Å²) in [5.41, 5.74) is 9.51. The van der Waals surface area contributed by atoms with E-state index in [0.29, 0.717) is 0 Å². The van der Waals surface area contributed by atoms with E-state index >= 15 is 0 Å². The van der Waals surface area contributed by atoms with Gasteiger partial charge >= 0.3 is 0 Å². The zero-order valence-electron chi connectivity index (χ0n) is 9.59. The molecule has 1 aromatic rings. The maximum absolute atomic E-state index is 5.99. The number of nitrogens with two attached hydrogens (primary N) is 1. The second kappa shape index (κ2) is 5.33. The van der Waals surface area contributed by atoms with Gasteiger partial charge in [-0.2, -0.15) is 0 Å². The Morgan fingerprint density at radius 3 is 2.75 bits per heavy atom. The van der Waals surface area contributed by atoms with Crippen molar-refractivity contribution in [2.24, 2.45) is 0 Å². The summed E-state index contributed by atoms with van der Waals surface area (Å²) in [6.07, 6.45) is 0. The first-order valence-corrected chi connectivity index (χ1v) is 6.72. The Balaban J connectivity index is 2.13. The largest absolute Gasteiger partial charge is 0.398 e. The first-order chi connectivity index (χ1) is 7.66. The van der Waals surface area contributed by atoms with E-state index in [4.69, 9.17) is 5.73 Å². The first-order valence-electron chi connectivity index (χ1n) is 5.64.